The van der Waals surface area contributed by atoms with E-state index in [-0.39, 0.29) is 13.2 Å². The normalized spacial score (nSPS) is 39.7. The second-order valence-electron chi connectivity index (χ2n) is 14.9. The molecular formula is C38H64O16. The van der Waals surface area contributed by atoms with Crippen LogP contribution in [-0.2, 0) is 28.4 Å². The molecule has 0 amide bonds. The lowest BCUT2D eigenvalue weighted by molar-refractivity contribution is -0.363. The largest absolute Gasteiger partial charge is 0.392 e. The second-order valence-corrected chi connectivity index (χ2v) is 14.9. The number of hydrogen-bond acceptors (Lipinski definition) is 16. The van der Waals surface area contributed by atoms with Gasteiger partial charge in [-0.15, -0.1) is 6.58 Å². The lowest BCUT2D eigenvalue weighted by Gasteiger charge is -2.46. The highest BCUT2D eigenvalue weighted by Gasteiger charge is 2.51. The predicted octanol–water partition coefficient (Wildman–Crippen LogP) is -0.405. The van der Waals surface area contributed by atoms with Gasteiger partial charge in [-0.2, -0.15) is 0 Å². The molecule has 0 aromatic carbocycles. The van der Waals surface area contributed by atoms with Crippen molar-refractivity contribution >= 4 is 0 Å². The van der Waals surface area contributed by atoms with Crippen molar-refractivity contribution in [3.8, 4) is 0 Å². The van der Waals surface area contributed by atoms with Crippen molar-refractivity contribution in [3.05, 3.63) is 47.6 Å². The molecule has 16 heteroatoms. The SMILES string of the molecule is C=C[C@@](C)(O)CC/C=C(\CO)CC/C=C(\C)CC/C=C(/C)CO[C@@H]1O[C@H](CO[C@@H]2O[C@@H](C)[C@H](O)[C@@H](O)[C@H]2O)[C@@H](O[C@@H]2O[C@@H](C)[C@H](O)[C@@H](O)[C@H]2O)[C@H](O)[C@H]1O. The van der Waals surface area contributed by atoms with Crippen molar-refractivity contribution < 1.29 is 79.5 Å². The van der Waals surface area contributed by atoms with E-state index in [1.165, 1.54) is 25.5 Å². The Morgan fingerprint density at radius 3 is 1.81 bits per heavy atom. The van der Waals surface area contributed by atoms with Gasteiger partial charge in [-0.1, -0.05) is 35.5 Å². The van der Waals surface area contributed by atoms with Gasteiger partial charge in [-0.05, 0) is 78.7 Å². The topological polar surface area (TPSA) is 258 Å². The van der Waals surface area contributed by atoms with Crippen molar-refractivity contribution in [1.29, 1.82) is 0 Å². The van der Waals surface area contributed by atoms with Gasteiger partial charge in [0.15, 0.2) is 18.9 Å². The molecule has 3 rings (SSSR count). The highest BCUT2D eigenvalue weighted by molar-refractivity contribution is 5.08. The molecule has 0 aromatic heterocycles. The van der Waals surface area contributed by atoms with Crippen LogP contribution in [0.2, 0.25) is 0 Å². The molecule has 3 heterocycles. The van der Waals surface area contributed by atoms with Crippen molar-refractivity contribution in [2.24, 2.45) is 0 Å². The van der Waals surface area contributed by atoms with Crippen LogP contribution in [-0.4, -0.2) is 169 Å². The molecule has 10 N–H and O–H groups in total. The van der Waals surface area contributed by atoms with E-state index in [9.17, 15) is 51.1 Å². The summed E-state index contributed by atoms with van der Waals surface area (Å²) in [5, 5.41) is 104. The molecule has 54 heavy (non-hydrogen) atoms. The first-order valence-electron chi connectivity index (χ1n) is 18.7. The molecule has 3 aliphatic rings. The molecule has 16 atom stereocenters. The summed E-state index contributed by atoms with van der Waals surface area (Å²) < 4.78 is 34.4. The summed E-state index contributed by atoms with van der Waals surface area (Å²) >= 11 is 0. The average molecular weight is 777 g/mol. The molecular weight excluding hydrogens is 712 g/mol. The van der Waals surface area contributed by atoms with Crippen LogP contribution in [0.25, 0.3) is 0 Å². The summed E-state index contributed by atoms with van der Waals surface area (Å²) in [5.41, 5.74) is 1.96. The molecule has 0 radical (unpaired) electrons. The highest BCUT2D eigenvalue weighted by Crippen LogP contribution is 2.31. The van der Waals surface area contributed by atoms with Crippen LogP contribution >= 0.6 is 0 Å². The van der Waals surface area contributed by atoms with Crippen molar-refractivity contribution in [2.75, 3.05) is 19.8 Å². The van der Waals surface area contributed by atoms with Gasteiger partial charge in [0.1, 0.15) is 61.0 Å². The number of hydrogen-bond donors (Lipinski definition) is 10. The van der Waals surface area contributed by atoms with Gasteiger partial charge in [0.25, 0.3) is 0 Å². The molecule has 0 bridgehead atoms. The monoisotopic (exact) mass is 776 g/mol. The number of aliphatic hydroxyl groups is 10. The van der Waals surface area contributed by atoms with Crippen molar-refractivity contribution in [2.45, 2.75) is 171 Å². The van der Waals surface area contributed by atoms with Gasteiger partial charge < -0.3 is 79.5 Å². The first-order valence-corrected chi connectivity index (χ1v) is 18.7. The van der Waals surface area contributed by atoms with Crippen LogP contribution in [0.15, 0.2) is 47.6 Å². The van der Waals surface area contributed by atoms with E-state index in [1.807, 2.05) is 26.0 Å². The first kappa shape index (κ1) is 46.7. The Bertz CT molecular complexity index is 1240. The molecule has 3 fully saturated rings. The van der Waals surface area contributed by atoms with Gasteiger partial charge in [-0.25, -0.2) is 0 Å². The van der Waals surface area contributed by atoms with Crippen LogP contribution in [0.5, 0.6) is 0 Å². The molecule has 16 nitrogen and oxygen atoms in total. The Balaban J connectivity index is 1.60. The standard InChI is InChI=1S/C38H64O16/c1-7-38(6,48)16-10-15-24(17-39)14-9-12-20(2)11-8-13-21(3)18-49-36-33(47)30(44)34(54-37-32(46)29(43)27(41)23(5)52-37)25(53-36)19-50-35-31(45)28(42)26(40)22(4)51-35/h7,12-13,15,22-23,25-37,39-48H,1,8-11,14,16-19H2,2-6H3/b20-12+,21-13-,24-15-/t22-,23-,25+,26-,27-,28+,29+,30+,31+,32+,33+,34+,35+,36+,37-,38+/m0/s1. The van der Waals surface area contributed by atoms with E-state index in [0.717, 1.165) is 24.0 Å². The zero-order chi connectivity index (χ0) is 40.3. The molecule has 3 saturated heterocycles. The third-order valence-electron chi connectivity index (χ3n) is 10.2. The van der Waals surface area contributed by atoms with Gasteiger partial charge in [0.2, 0.25) is 0 Å². The Hall–Kier alpha value is -1.68. The first-order chi connectivity index (χ1) is 25.4. The summed E-state index contributed by atoms with van der Waals surface area (Å²) in [6.07, 6.45) is -9.94. The summed E-state index contributed by atoms with van der Waals surface area (Å²) in [6, 6.07) is 0. The number of ether oxygens (including phenoxy) is 6. The highest BCUT2D eigenvalue weighted by atomic mass is 16.8. The fourth-order valence-electron chi connectivity index (χ4n) is 6.31. The zero-order valence-corrected chi connectivity index (χ0v) is 32.0. The minimum atomic E-state index is -1.73. The smallest absolute Gasteiger partial charge is 0.187 e. The van der Waals surface area contributed by atoms with E-state index in [2.05, 4.69) is 12.7 Å². The van der Waals surface area contributed by atoms with Crippen LogP contribution < -0.4 is 0 Å². The second kappa shape index (κ2) is 21.7. The summed E-state index contributed by atoms with van der Waals surface area (Å²) in [6.45, 7) is 11.7. The summed E-state index contributed by atoms with van der Waals surface area (Å²) in [4.78, 5) is 0. The Kier molecular flexibility index (Phi) is 18.8. The van der Waals surface area contributed by atoms with E-state index in [1.54, 1.807) is 6.92 Å². The van der Waals surface area contributed by atoms with Gasteiger partial charge in [0.05, 0.1) is 37.6 Å². The third-order valence-corrected chi connectivity index (χ3v) is 10.2. The molecule has 3 aliphatic heterocycles. The maximum Gasteiger partial charge on any atom is 0.187 e. The fourth-order valence-corrected chi connectivity index (χ4v) is 6.31. The van der Waals surface area contributed by atoms with Gasteiger partial charge in [0, 0.05) is 0 Å². The summed E-state index contributed by atoms with van der Waals surface area (Å²) in [7, 11) is 0. The number of aliphatic hydroxyl groups excluding tert-OH is 9. The molecule has 0 aliphatic carbocycles. The van der Waals surface area contributed by atoms with Crippen molar-refractivity contribution in [1.82, 2.24) is 0 Å². The molecule has 0 saturated carbocycles. The average Bonchev–Trinajstić information content (AvgIpc) is 3.14. The number of rotatable bonds is 19. The lowest BCUT2D eigenvalue weighted by atomic mass is 9.97. The molecule has 0 aromatic rings. The van der Waals surface area contributed by atoms with Crippen molar-refractivity contribution in [3.63, 3.8) is 0 Å². The van der Waals surface area contributed by atoms with E-state index in [4.69, 9.17) is 28.4 Å². The maximum atomic E-state index is 11.2. The van der Waals surface area contributed by atoms with Crippen LogP contribution in [0.3, 0.4) is 0 Å². The Labute approximate surface area is 317 Å². The Morgan fingerprint density at radius 2 is 1.20 bits per heavy atom. The number of allylic oxidation sites excluding steroid dienone is 4. The van der Waals surface area contributed by atoms with Crippen LogP contribution in [0.1, 0.15) is 73.1 Å². The predicted molar refractivity (Wildman–Crippen MR) is 193 cm³/mol. The third kappa shape index (κ3) is 13.2. The Morgan fingerprint density at radius 1 is 0.667 bits per heavy atom. The minimum absolute atomic E-state index is 0.0256. The molecule has 312 valence electrons. The van der Waals surface area contributed by atoms with Gasteiger partial charge >= 0.3 is 0 Å². The van der Waals surface area contributed by atoms with E-state index >= 15 is 0 Å². The maximum absolute atomic E-state index is 11.2. The fraction of sp³-hybridized carbons (Fsp3) is 0.789. The lowest BCUT2D eigenvalue weighted by Crippen LogP contribution is -2.64. The van der Waals surface area contributed by atoms with E-state index in [0.29, 0.717) is 25.7 Å². The quantitative estimate of drug-likeness (QED) is 0.0749. The zero-order valence-electron chi connectivity index (χ0n) is 32.0. The van der Waals surface area contributed by atoms with Gasteiger partial charge in [-0.3, -0.25) is 0 Å². The molecule has 0 spiro atoms. The van der Waals surface area contributed by atoms with E-state index < -0.39 is 104 Å². The molecule has 0 unspecified atom stereocenters. The van der Waals surface area contributed by atoms with Crippen LogP contribution in [0, 0.1) is 0 Å². The minimum Gasteiger partial charge on any atom is -0.392 e. The summed E-state index contributed by atoms with van der Waals surface area (Å²) in [5.74, 6) is 0. The van der Waals surface area contributed by atoms with Crippen LogP contribution in [0.4, 0.5) is 0 Å².